The third kappa shape index (κ3) is 8.04. The molecule has 1 amide bonds. The van der Waals surface area contributed by atoms with Crippen LogP contribution < -0.4 is 10.0 Å². The number of sulfonamides is 1. The van der Waals surface area contributed by atoms with Crippen molar-refractivity contribution < 1.29 is 27.3 Å². The maximum absolute atomic E-state index is 12.4. The lowest BCUT2D eigenvalue weighted by molar-refractivity contribution is -0.143. The molecule has 34 heavy (non-hydrogen) atoms. The van der Waals surface area contributed by atoms with Crippen LogP contribution in [0.2, 0.25) is 0 Å². The maximum Gasteiger partial charge on any atom is 0.305 e. The number of benzene rings is 2. The van der Waals surface area contributed by atoms with Gasteiger partial charge in [0.15, 0.2) is 5.82 Å². The predicted molar refractivity (Wildman–Crippen MR) is 127 cm³/mol. The molecule has 1 heterocycles. The highest BCUT2D eigenvalue weighted by Crippen LogP contribution is 2.18. The van der Waals surface area contributed by atoms with E-state index in [4.69, 9.17) is 9.26 Å². The molecule has 3 rings (SSSR count). The first-order valence-electron chi connectivity index (χ1n) is 10.9. The summed E-state index contributed by atoms with van der Waals surface area (Å²) < 4.78 is 37.2. The summed E-state index contributed by atoms with van der Waals surface area (Å²) in [6.45, 7) is 2.00. The Bertz CT molecular complexity index is 1190. The van der Waals surface area contributed by atoms with Gasteiger partial charge in [0, 0.05) is 24.6 Å². The maximum atomic E-state index is 12.4. The smallest absolute Gasteiger partial charge is 0.305 e. The second-order valence-corrected chi connectivity index (χ2v) is 9.35. The number of aryl methyl sites for hydroxylation is 2. The summed E-state index contributed by atoms with van der Waals surface area (Å²) >= 11 is 0. The van der Waals surface area contributed by atoms with E-state index in [1.54, 1.807) is 6.92 Å². The lowest BCUT2D eigenvalue weighted by Crippen LogP contribution is -2.14. The van der Waals surface area contributed by atoms with Gasteiger partial charge in [0.2, 0.25) is 5.91 Å². The molecule has 0 unspecified atom stereocenters. The number of nitrogens with one attached hydrogen (secondary N) is 2. The second-order valence-electron chi connectivity index (χ2n) is 7.66. The Morgan fingerprint density at radius 1 is 1.00 bits per heavy atom. The van der Waals surface area contributed by atoms with Crippen LogP contribution in [0.15, 0.2) is 70.1 Å². The minimum atomic E-state index is -3.83. The van der Waals surface area contributed by atoms with Crippen molar-refractivity contribution in [3.05, 3.63) is 72.0 Å². The van der Waals surface area contributed by atoms with Crippen molar-refractivity contribution >= 4 is 33.4 Å². The van der Waals surface area contributed by atoms with Crippen LogP contribution in [0.25, 0.3) is 0 Å². The van der Waals surface area contributed by atoms with Gasteiger partial charge in [-0.3, -0.25) is 14.3 Å². The zero-order valence-electron chi connectivity index (χ0n) is 18.8. The highest BCUT2D eigenvalue weighted by Gasteiger charge is 2.16. The summed E-state index contributed by atoms with van der Waals surface area (Å²) in [6, 6.07) is 17.2. The summed E-state index contributed by atoms with van der Waals surface area (Å²) in [4.78, 5) is 24.0. The molecule has 0 saturated carbocycles. The van der Waals surface area contributed by atoms with Crippen LogP contribution in [0.5, 0.6) is 0 Å². The lowest BCUT2D eigenvalue weighted by atomic mass is 10.1. The molecule has 0 atom stereocenters. The van der Waals surface area contributed by atoms with Crippen molar-refractivity contribution in [2.24, 2.45) is 0 Å². The van der Waals surface area contributed by atoms with Crippen molar-refractivity contribution in [2.75, 3.05) is 16.6 Å². The SMILES string of the molecule is Cc1cc(NS(=O)(=O)c2ccc(NC(=O)CCCC(=O)OCCCc3ccccc3)cc2)no1. The fourth-order valence-electron chi connectivity index (χ4n) is 3.12. The topological polar surface area (TPSA) is 128 Å². The van der Waals surface area contributed by atoms with Crippen LogP contribution in [0.3, 0.4) is 0 Å². The molecule has 2 aromatic carbocycles. The average Bonchev–Trinajstić information content (AvgIpc) is 3.21. The number of rotatable bonds is 12. The summed E-state index contributed by atoms with van der Waals surface area (Å²) in [5.41, 5.74) is 1.65. The molecule has 180 valence electrons. The largest absolute Gasteiger partial charge is 0.466 e. The van der Waals surface area contributed by atoms with Crippen molar-refractivity contribution in [2.45, 2.75) is 43.9 Å². The van der Waals surface area contributed by atoms with Crippen molar-refractivity contribution in [1.82, 2.24) is 5.16 Å². The molecular formula is C24H27N3O6S. The van der Waals surface area contributed by atoms with Gasteiger partial charge in [-0.15, -0.1) is 0 Å². The zero-order chi connectivity index (χ0) is 24.4. The van der Waals surface area contributed by atoms with E-state index in [-0.39, 0.29) is 35.4 Å². The number of aromatic nitrogens is 1. The van der Waals surface area contributed by atoms with Gasteiger partial charge in [0.05, 0.1) is 11.5 Å². The number of amides is 1. The number of hydrogen-bond acceptors (Lipinski definition) is 7. The van der Waals surface area contributed by atoms with E-state index in [0.717, 1.165) is 12.8 Å². The Labute approximate surface area is 198 Å². The highest BCUT2D eigenvalue weighted by atomic mass is 32.2. The number of carbonyl (C=O) groups excluding carboxylic acids is 2. The molecule has 0 spiro atoms. The van der Waals surface area contributed by atoms with Crippen molar-refractivity contribution in [3.8, 4) is 0 Å². The first kappa shape index (κ1) is 25.0. The van der Waals surface area contributed by atoms with E-state index < -0.39 is 10.0 Å². The third-order valence-electron chi connectivity index (χ3n) is 4.82. The molecule has 0 saturated heterocycles. The summed E-state index contributed by atoms with van der Waals surface area (Å²) in [5.74, 6) is -0.0365. The molecule has 10 heteroatoms. The van der Waals surface area contributed by atoms with Gasteiger partial charge in [-0.25, -0.2) is 8.42 Å². The van der Waals surface area contributed by atoms with Crippen LogP contribution in [0, 0.1) is 6.92 Å². The number of anilines is 2. The standard InChI is InChI=1S/C24H27N3O6S/c1-18-17-22(26-33-18)27-34(30,31)21-14-12-20(13-15-21)25-23(28)10-5-11-24(29)32-16-6-9-19-7-3-2-4-8-19/h2-4,7-8,12-15,17H,5-6,9-11,16H2,1H3,(H,25,28)(H,26,27). The number of hydrogen-bond donors (Lipinski definition) is 2. The van der Waals surface area contributed by atoms with Gasteiger partial charge in [-0.1, -0.05) is 35.5 Å². The van der Waals surface area contributed by atoms with E-state index in [9.17, 15) is 18.0 Å². The number of esters is 1. The lowest BCUT2D eigenvalue weighted by Gasteiger charge is -2.08. The normalized spacial score (nSPS) is 11.1. The van der Waals surface area contributed by atoms with Gasteiger partial charge in [-0.2, -0.15) is 0 Å². The average molecular weight is 486 g/mol. The van der Waals surface area contributed by atoms with Gasteiger partial charge in [0.25, 0.3) is 10.0 Å². The summed E-state index contributed by atoms with van der Waals surface area (Å²) in [7, 11) is -3.83. The minimum Gasteiger partial charge on any atom is -0.466 e. The Hall–Kier alpha value is -3.66. The summed E-state index contributed by atoms with van der Waals surface area (Å²) in [5, 5.41) is 6.29. The van der Waals surface area contributed by atoms with E-state index in [2.05, 4.69) is 15.2 Å². The molecule has 0 radical (unpaired) electrons. The molecule has 9 nitrogen and oxygen atoms in total. The molecule has 0 aliphatic carbocycles. The van der Waals surface area contributed by atoms with Crippen LogP contribution >= 0.6 is 0 Å². The van der Waals surface area contributed by atoms with E-state index >= 15 is 0 Å². The van der Waals surface area contributed by atoms with Gasteiger partial charge >= 0.3 is 5.97 Å². The van der Waals surface area contributed by atoms with Gasteiger partial charge < -0.3 is 14.6 Å². The second kappa shape index (κ2) is 12.0. The molecule has 0 fully saturated rings. The number of carbonyl (C=O) groups is 2. The van der Waals surface area contributed by atoms with Crippen LogP contribution in [-0.2, 0) is 30.8 Å². The fourth-order valence-corrected chi connectivity index (χ4v) is 4.11. The first-order chi connectivity index (χ1) is 16.3. The van der Waals surface area contributed by atoms with E-state index in [1.807, 2.05) is 30.3 Å². The third-order valence-corrected chi connectivity index (χ3v) is 6.19. The fraction of sp³-hybridized carbons (Fsp3) is 0.292. The molecular weight excluding hydrogens is 458 g/mol. The van der Waals surface area contributed by atoms with Crippen molar-refractivity contribution in [1.29, 1.82) is 0 Å². The van der Waals surface area contributed by atoms with E-state index in [0.29, 0.717) is 24.5 Å². The van der Waals surface area contributed by atoms with Crippen LogP contribution in [0.1, 0.15) is 37.0 Å². The molecule has 2 N–H and O–H groups in total. The number of nitrogens with zero attached hydrogens (tertiary/aromatic N) is 1. The molecule has 0 aliphatic heterocycles. The van der Waals surface area contributed by atoms with E-state index in [1.165, 1.54) is 35.9 Å². The molecule has 0 aliphatic rings. The van der Waals surface area contributed by atoms with Crippen LogP contribution in [0.4, 0.5) is 11.5 Å². The Balaban J connectivity index is 1.34. The van der Waals surface area contributed by atoms with Crippen LogP contribution in [-0.4, -0.2) is 32.1 Å². The Morgan fingerprint density at radius 3 is 2.41 bits per heavy atom. The van der Waals surface area contributed by atoms with Gasteiger partial charge in [0.1, 0.15) is 5.76 Å². The Kier molecular flexibility index (Phi) is 8.80. The molecule has 0 bridgehead atoms. The molecule has 3 aromatic rings. The predicted octanol–water partition coefficient (Wildman–Crippen LogP) is 4.07. The Morgan fingerprint density at radius 2 is 1.74 bits per heavy atom. The quantitative estimate of drug-likeness (QED) is 0.292. The first-order valence-corrected chi connectivity index (χ1v) is 12.4. The van der Waals surface area contributed by atoms with Gasteiger partial charge in [-0.05, 0) is 56.0 Å². The molecule has 1 aromatic heterocycles. The minimum absolute atomic E-state index is 0.0150. The zero-order valence-corrected chi connectivity index (χ0v) is 19.6. The van der Waals surface area contributed by atoms with Crippen molar-refractivity contribution in [3.63, 3.8) is 0 Å². The highest BCUT2D eigenvalue weighted by molar-refractivity contribution is 7.92. The summed E-state index contributed by atoms with van der Waals surface area (Å²) in [6.07, 6.45) is 2.24. The monoisotopic (exact) mass is 485 g/mol. The number of ether oxygens (including phenoxy) is 1.